The second kappa shape index (κ2) is 17.3. The topological polar surface area (TPSA) is 44.3 Å². The van der Waals surface area contributed by atoms with Gasteiger partial charge in [-0.25, -0.2) is 4.98 Å². The van der Waals surface area contributed by atoms with Crippen LogP contribution in [-0.2, 0) is 0 Å². The third-order valence-corrected chi connectivity index (χ3v) is 22.2. The maximum absolute atomic E-state index is 6.89. The summed E-state index contributed by atoms with van der Waals surface area (Å²) in [4.78, 5) is 10.2. The van der Waals surface area contributed by atoms with Crippen molar-refractivity contribution in [2.24, 2.45) is 0 Å². The number of benzene rings is 6. The summed E-state index contributed by atoms with van der Waals surface area (Å²) >= 11 is 1.63. The van der Waals surface area contributed by atoms with Crippen LogP contribution in [0.3, 0.4) is 0 Å². The fourth-order valence-corrected chi connectivity index (χ4v) is 19.0. The number of halogens is 3. The standard InChI is InChI=1S/C53H44I3N4OS/c1-4-24-54-33-28-42(55-25-5-2)51(43(29-33)56-26-6-3)46-32-58-53-41-30-34(18-20-36(41)37-13-7-9-15-44(37)59(46)53)61-35-19-21-38-39-22-23-48-50(40-14-8-10-16-47(40)62-48)52(39)60(45(38)31-35)49-17-11-12-27-57-49/h7-23,27-32H,4-6,24-26H2,1-3H3/q-3. The zero-order chi connectivity index (χ0) is 41.7. The van der Waals surface area contributed by atoms with E-state index in [4.69, 9.17) is 14.7 Å². The van der Waals surface area contributed by atoms with E-state index < -0.39 is 0 Å². The summed E-state index contributed by atoms with van der Waals surface area (Å²) in [6.07, 6.45) is 7.80. The number of hydrogen-bond acceptors (Lipinski definition) is 4. The van der Waals surface area contributed by atoms with Gasteiger partial charge in [-0.1, -0.05) is 30.3 Å². The van der Waals surface area contributed by atoms with Crippen LogP contribution in [0.25, 0.3) is 86.4 Å². The van der Waals surface area contributed by atoms with Gasteiger partial charge >= 0.3 is 276 Å². The fraction of sp³-hybridized carbons (Fsp3) is 0.170. The number of aromatic nitrogens is 4. The zero-order valence-electron chi connectivity index (χ0n) is 34.8. The van der Waals surface area contributed by atoms with E-state index in [1.165, 1.54) is 96.6 Å². The van der Waals surface area contributed by atoms with Crippen molar-refractivity contribution in [2.75, 3.05) is 13.3 Å². The molecule has 5 heterocycles. The van der Waals surface area contributed by atoms with Gasteiger partial charge in [0.15, 0.2) is 0 Å². The average molecular weight is 1170 g/mol. The molecule has 0 aliphatic carbocycles. The van der Waals surface area contributed by atoms with Crippen LogP contribution >= 0.6 is 11.3 Å². The molecule has 0 atom stereocenters. The van der Waals surface area contributed by atoms with E-state index in [1.807, 2.05) is 23.6 Å². The van der Waals surface area contributed by atoms with Crippen LogP contribution in [0.5, 0.6) is 11.5 Å². The Balaban J connectivity index is 1.08. The Bertz CT molecular complexity index is 3450. The number of imidazole rings is 1. The van der Waals surface area contributed by atoms with Gasteiger partial charge in [-0.05, 0) is 24.3 Å². The van der Waals surface area contributed by atoms with E-state index in [2.05, 4.69) is 157 Å². The van der Waals surface area contributed by atoms with Crippen molar-refractivity contribution in [3.8, 4) is 28.6 Å². The molecule has 0 unspecified atom stereocenters. The van der Waals surface area contributed by atoms with E-state index >= 15 is 0 Å². The first-order chi connectivity index (χ1) is 30.6. The molecular weight excluding hydrogens is 1120 g/mol. The average Bonchev–Trinajstić information content (AvgIpc) is 4.02. The van der Waals surface area contributed by atoms with Gasteiger partial charge in [0.05, 0.1) is 5.52 Å². The van der Waals surface area contributed by atoms with Gasteiger partial charge in [0.25, 0.3) is 0 Å². The Labute approximate surface area is 396 Å². The Hall–Kier alpha value is -4.31. The van der Waals surface area contributed by atoms with E-state index in [0.717, 1.165) is 33.9 Å². The molecule has 0 radical (unpaired) electrons. The van der Waals surface area contributed by atoms with Gasteiger partial charge in [0.2, 0.25) is 0 Å². The molecule has 62 heavy (non-hydrogen) atoms. The fourth-order valence-electron chi connectivity index (χ4n) is 8.75. The number of ether oxygens (including phenoxy) is 1. The maximum atomic E-state index is 6.89. The number of hydrogen-bond donors (Lipinski definition) is 0. The predicted molar refractivity (Wildman–Crippen MR) is 249 cm³/mol. The molecule has 11 rings (SSSR count). The van der Waals surface area contributed by atoms with Gasteiger partial charge in [-0.15, -0.1) is 11.3 Å². The van der Waals surface area contributed by atoms with Crippen LogP contribution in [0.15, 0.2) is 140 Å². The first-order valence-electron chi connectivity index (χ1n) is 21.4. The van der Waals surface area contributed by atoms with Crippen molar-refractivity contribution in [3.63, 3.8) is 0 Å². The van der Waals surface area contributed by atoms with Crippen molar-refractivity contribution >= 4 is 80.6 Å². The number of thiophene rings is 1. The Kier molecular flexibility index (Phi) is 11.3. The van der Waals surface area contributed by atoms with Gasteiger partial charge < -0.3 is 0 Å². The minimum atomic E-state index is -0.121. The Morgan fingerprint density at radius 1 is 0.565 bits per heavy atom. The normalized spacial score (nSPS) is 12.2. The number of rotatable bonds is 13. The summed E-state index contributed by atoms with van der Waals surface area (Å²) in [5.41, 5.74) is 7.18. The van der Waals surface area contributed by atoms with Crippen molar-refractivity contribution in [1.29, 1.82) is 0 Å². The monoisotopic (exact) mass is 1170 g/mol. The van der Waals surface area contributed by atoms with Gasteiger partial charge in [0.1, 0.15) is 5.82 Å². The SMILES string of the molecule is CCC[I-]c1cc([I-]CCC)c(-c2cnc3c4cc(Oc5ccc6c7ccc8sc9ccccc9c8c7n(-c7ccccn7)c6c5)ccc4c4ccccc4n23)c([I-]CCC)c1. The van der Waals surface area contributed by atoms with Crippen LogP contribution in [0.1, 0.15) is 40.0 Å². The Morgan fingerprint density at radius 2 is 1.24 bits per heavy atom. The molecule has 312 valence electrons. The van der Waals surface area contributed by atoms with E-state index in [1.54, 1.807) is 10.7 Å². The molecule has 0 fully saturated rings. The number of nitrogens with zero attached hydrogens (tertiary/aromatic N) is 4. The summed E-state index contributed by atoms with van der Waals surface area (Å²) in [7, 11) is 0. The molecule has 0 N–H and O–H groups in total. The summed E-state index contributed by atoms with van der Waals surface area (Å²) < 4.78 is 23.1. The molecular formula is C53H44I3N4OS-3. The van der Waals surface area contributed by atoms with E-state index in [0.29, 0.717) is 0 Å². The zero-order valence-corrected chi connectivity index (χ0v) is 42.0. The van der Waals surface area contributed by atoms with Crippen LogP contribution in [-0.4, -0.2) is 32.2 Å². The molecule has 0 saturated heterocycles. The first kappa shape index (κ1) is 40.5. The molecule has 0 aliphatic rings. The molecule has 5 aromatic heterocycles. The van der Waals surface area contributed by atoms with Crippen molar-refractivity contribution in [3.05, 3.63) is 150 Å². The molecule has 0 bridgehead atoms. The van der Waals surface area contributed by atoms with Gasteiger partial charge in [0, 0.05) is 37.1 Å². The minimum absolute atomic E-state index is 0.0290. The van der Waals surface area contributed by atoms with Crippen LogP contribution in [0.2, 0.25) is 0 Å². The molecule has 0 spiro atoms. The summed E-state index contributed by atoms with van der Waals surface area (Å²) in [5, 5.41) is 8.44. The van der Waals surface area contributed by atoms with Crippen molar-refractivity contribution in [2.45, 2.75) is 40.0 Å². The van der Waals surface area contributed by atoms with Gasteiger partial charge in [-0.3, -0.25) is 4.57 Å². The second-order valence-electron chi connectivity index (χ2n) is 15.5. The van der Waals surface area contributed by atoms with Crippen LogP contribution in [0, 0.1) is 10.7 Å². The van der Waals surface area contributed by atoms with E-state index in [9.17, 15) is 0 Å². The van der Waals surface area contributed by atoms with Crippen LogP contribution < -0.4 is 68.4 Å². The first-order valence-corrected chi connectivity index (χ1v) is 30.0. The molecule has 0 amide bonds. The Morgan fingerprint density at radius 3 is 2.02 bits per heavy atom. The molecule has 0 aliphatic heterocycles. The molecule has 11 aromatic rings. The number of para-hydroxylation sites is 1. The molecule has 6 aromatic carbocycles. The molecule has 5 nitrogen and oxygen atoms in total. The molecule has 9 heteroatoms. The number of pyridine rings is 2. The molecule has 0 saturated carbocycles. The number of fused-ring (bicyclic) bond motifs is 13. The summed E-state index contributed by atoms with van der Waals surface area (Å²) in [6, 6.07) is 46.7. The third-order valence-electron chi connectivity index (χ3n) is 11.3. The summed E-state index contributed by atoms with van der Waals surface area (Å²) in [5.74, 6) is 2.46. The second-order valence-corrected chi connectivity index (χ2v) is 25.7. The van der Waals surface area contributed by atoms with E-state index in [-0.39, 0.29) is 63.6 Å². The summed E-state index contributed by atoms with van der Waals surface area (Å²) in [6.45, 7) is 7.01. The number of alkyl halides is 3. The quantitative estimate of drug-likeness (QED) is 0.0933. The van der Waals surface area contributed by atoms with Crippen molar-refractivity contribution in [1.82, 2.24) is 18.9 Å². The van der Waals surface area contributed by atoms with Crippen molar-refractivity contribution < 1.29 is 68.4 Å². The predicted octanol–water partition coefficient (Wildman–Crippen LogP) is 4.97. The van der Waals surface area contributed by atoms with Crippen LogP contribution in [0.4, 0.5) is 0 Å². The third kappa shape index (κ3) is 7.05. The van der Waals surface area contributed by atoms with Gasteiger partial charge in [-0.2, -0.15) is 0 Å².